The van der Waals surface area contributed by atoms with Gasteiger partial charge in [0.05, 0.1) is 40.0 Å². The van der Waals surface area contributed by atoms with Gasteiger partial charge in [-0.2, -0.15) is 0 Å². The zero-order valence-electron chi connectivity index (χ0n) is 82.9. The van der Waals surface area contributed by atoms with Crippen molar-refractivity contribution < 1.29 is 256 Å². The predicted octanol–water partition coefficient (Wildman–Crippen LogP) is 4.62. The van der Waals surface area contributed by atoms with Crippen LogP contribution in [-0.2, 0) is 189 Å². The van der Waals surface area contributed by atoms with E-state index in [0.717, 1.165) is 118 Å². The number of nitro groups is 1. The van der Waals surface area contributed by atoms with E-state index in [1.54, 1.807) is 24.3 Å². The smallest absolute Gasteiger partial charge is 1.00 e. The van der Waals surface area contributed by atoms with Crippen LogP contribution in [-0.4, -0.2) is 292 Å². The first-order valence-corrected chi connectivity index (χ1v) is 44.1. The number of aldehydes is 2. The predicted molar refractivity (Wildman–Crippen MR) is 492 cm³/mol. The molecule has 0 aromatic heterocycles. The van der Waals surface area contributed by atoms with Gasteiger partial charge in [0.15, 0.2) is 88.2 Å². The number of benzene rings is 5. The quantitative estimate of drug-likeness (QED) is 0.00963. The molecule has 49 nitrogen and oxygen atoms in total. The standard InChI is InChI=1S/C27H27NO15.C20H24O11.C20H22O11.C13H17BrO9.C7H6O2.C2H3Cl3.C2H6.B.Na.H/c1-14(29)38-21-22(39-15(2)30)24(40-16(3)31)26(43-23(21)25(32)36-4)41-19-9-5-17(6-10-19)13-37-27(33)42-20-11-7-18(8-12-20)28(34)35;2*1-10(22)27-15-16(28-11(2)23)18(29-12(3)24)20(31-17(15)19(25)26-4)30-14-7-5-13(9-21)6-8-14;1-5(15)20-8-9(21-6(2)16)11(13(18)19-4)23-12(14)10(8)22-7(3)17;8-5-6-1-3-7(9)4-2-6;1-2(3,4)5;1-2;;;/h5-12,21-24,26H,13H2,1-4H3;5-8,15-18,20-21H,9H2,1-4H3;5-9,15-18,20H,1-4H3;8-12H,1-4H3;1-5,9H;1H3;1-2H3;;;/q;;;;;;;;+1;-1/t21-,22-,23-,24+,26+;2*15-,16-,17-,18+,20+;8-,9-,10+,11-,12-;;;;;;/m0000....../s1. The molecular formula is C91H106BBrCl3NNaO48. The third-order valence-corrected chi connectivity index (χ3v) is 18.5. The Morgan fingerprint density at radius 2 is 0.603 bits per heavy atom. The number of aliphatic hydroxyl groups is 1. The summed E-state index contributed by atoms with van der Waals surface area (Å²) in [6.45, 7) is 18.3. The van der Waals surface area contributed by atoms with Crippen LogP contribution in [0.3, 0.4) is 0 Å². The molecule has 146 heavy (non-hydrogen) atoms. The van der Waals surface area contributed by atoms with Crippen molar-refractivity contribution in [2.24, 2.45) is 0 Å². The Balaban J connectivity index is 0.00000185. The van der Waals surface area contributed by atoms with E-state index >= 15 is 0 Å². The Bertz CT molecular complexity index is 5180. The Morgan fingerprint density at radius 1 is 0.377 bits per heavy atom. The van der Waals surface area contributed by atoms with Crippen LogP contribution in [0.15, 0.2) is 121 Å². The van der Waals surface area contributed by atoms with Gasteiger partial charge in [-0.15, -0.1) is 0 Å². The van der Waals surface area contributed by atoms with Gasteiger partial charge in [0, 0.05) is 115 Å². The molecule has 4 fully saturated rings. The number of hydrogen-bond donors (Lipinski definition) is 2. The molecule has 795 valence electrons. The molecule has 4 aliphatic rings. The van der Waals surface area contributed by atoms with Crippen molar-refractivity contribution in [3.8, 4) is 28.7 Å². The maximum absolute atomic E-state index is 12.5. The van der Waals surface area contributed by atoms with E-state index in [4.69, 9.17) is 159 Å². The first-order chi connectivity index (χ1) is 67.7. The van der Waals surface area contributed by atoms with Gasteiger partial charge in [0.25, 0.3) is 5.69 Å². The number of phenols is 1. The van der Waals surface area contributed by atoms with E-state index < -0.39 is 232 Å². The Hall–Kier alpha value is -13.0. The number of non-ortho nitro benzene ring substituents is 1. The summed E-state index contributed by atoms with van der Waals surface area (Å²) in [5, 5.41) is 27.7. The molecule has 3 radical (unpaired) electrons. The van der Waals surface area contributed by atoms with Crippen LogP contribution in [0, 0.1) is 10.1 Å². The van der Waals surface area contributed by atoms with E-state index in [1.807, 2.05) is 13.8 Å². The summed E-state index contributed by atoms with van der Waals surface area (Å²) in [4.78, 5) is 232. The number of esters is 16. The number of carbonyl (C=O) groups excluding carboxylic acids is 19. The Morgan fingerprint density at radius 3 is 0.856 bits per heavy atom. The van der Waals surface area contributed by atoms with Crippen LogP contribution < -0.4 is 48.5 Å². The van der Waals surface area contributed by atoms with Crippen LogP contribution in [0.4, 0.5) is 10.5 Å². The van der Waals surface area contributed by atoms with Gasteiger partial charge in [-0.1, -0.05) is 88.8 Å². The van der Waals surface area contributed by atoms with E-state index in [-0.39, 0.29) is 87.0 Å². The number of nitro benzene ring substituents is 1. The van der Waals surface area contributed by atoms with E-state index in [0.29, 0.717) is 28.5 Å². The maximum atomic E-state index is 12.5. The maximum Gasteiger partial charge on any atom is 1.00 e. The second-order valence-corrected chi connectivity index (χ2v) is 32.8. The molecular weight excluding hydrogens is 2100 g/mol. The van der Waals surface area contributed by atoms with E-state index in [1.165, 1.54) is 104 Å². The van der Waals surface area contributed by atoms with Crippen LogP contribution in [0.1, 0.15) is 137 Å². The second-order valence-electron chi connectivity index (χ2n) is 29.0. The summed E-state index contributed by atoms with van der Waals surface area (Å²) in [7, 11) is 4.37. The molecule has 9 rings (SSSR count). The number of hydrogen-bond acceptors (Lipinski definition) is 48. The topological polar surface area (TPSA) is 639 Å². The van der Waals surface area contributed by atoms with Crippen molar-refractivity contribution in [1.82, 2.24) is 0 Å². The van der Waals surface area contributed by atoms with Gasteiger partial charge >= 0.3 is 131 Å². The van der Waals surface area contributed by atoms with Crippen molar-refractivity contribution in [3.63, 3.8) is 0 Å². The molecule has 20 atom stereocenters. The molecule has 0 unspecified atom stereocenters. The monoisotopic (exact) mass is 2200 g/mol. The molecule has 4 aliphatic heterocycles. The summed E-state index contributed by atoms with van der Waals surface area (Å²) >= 11 is 18.3. The summed E-state index contributed by atoms with van der Waals surface area (Å²) in [6.07, 6.45) is -27.0. The molecule has 0 aliphatic carbocycles. The number of halogens is 4. The number of carbonyl (C=O) groups is 19. The van der Waals surface area contributed by atoms with Gasteiger partial charge in [-0.05, 0) is 103 Å². The van der Waals surface area contributed by atoms with Crippen LogP contribution in [0.2, 0.25) is 0 Å². The minimum atomic E-state index is -1.62. The first kappa shape index (κ1) is 131. The molecule has 5 aromatic carbocycles. The molecule has 0 amide bonds. The molecule has 2 N–H and O–H groups in total. The zero-order valence-corrected chi connectivity index (χ0v) is 87.7. The Kier molecular flexibility index (Phi) is 58.8. The fraction of sp³-hybridized carbons (Fsp3) is 0.462. The molecule has 4 heterocycles. The average Bonchev–Trinajstić information content (AvgIpc) is 1.36. The van der Waals surface area contributed by atoms with Crippen molar-refractivity contribution >= 4 is 179 Å². The third-order valence-electron chi connectivity index (χ3n) is 17.8. The summed E-state index contributed by atoms with van der Waals surface area (Å²) in [6, 6.07) is 28.9. The molecule has 0 bridgehead atoms. The average molecular weight is 2200 g/mol. The number of aliphatic hydroxyl groups excluding tert-OH is 1. The fourth-order valence-electron chi connectivity index (χ4n) is 12.4. The van der Waals surface area contributed by atoms with Gasteiger partial charge < -0.3 is 130 Å². The van der Waals surface area contributed by atoms with Crippen molar-refractivity contribution in [2.75, 3.05) is 28.4 Å². The fourth-order valence-corrected chi connectivity index (χ4v) is 13.1. The largest absolute Gasteiger partial charge is 1.00 e. The normalized spacial score (nSPS) is 22.5. The molecule has 4 saturated heterocycles. The van der Waals surface area contributed by atoms with Crippen molar-refractivity contribution in [3.05, 3.63) is 154 Å². The summed E-state index contributed by atoms with van der Waals surface area (Å²) in [5.41, 5.74) is 1.90. The summed E-state index contributed by atoms with van der Waals surface area (Å²) in [5.74, 6) is -12.2. The number of alkyl halides is 4. The van der Waals surface area contributed by atoms with Crippen molar-refractivity contribution in [1.29, 1.82) is 0 Å². The minimum Gasteiger partial charge on any atom is -1.00 e. The number of rotatable bonds is 29. The molecule has 5 aromatic rings. The Labute approximate surface area is 882 Å². The molecule has 0 saturated carbocycles. The first-order valence-electron chi connectivity index (χ1n) is 42.1. The number of methoxy groups -OCH3 is 4. The van der Waals surface area contributed by atoms with Crippen LogP contribution in [0.5, 0.6) is 28.7 Å². The number of nitrogens with zero attached hydrogens (tertiary/aromatic N) is 1. The molecule has 55 heteroatoms. The van der Waals surface area contributed by atoms with Crippen LogP contribution in [0.25, 0.3) is 0 Å². The van der Waals surface area contributed by atoms with Gasteiger partial charge in [-0.25, -0.2) is 24.0 Å². The molecule has 0 spiro atoms. The SMILES string of the molecule is CC.CC(Cl)(Cl)Cl.COC(=O)[C@H]1O[C@@H](Oc2ccc(C=O)cc2)[C@H](OC(C)=O)[C@@H](OC(C)=O)[C@@H]1OC(C)=O.COC(=O)[C@H]1O[C@@H](Oc2ccc(CO)cc2)[C@H](OC(C)=O)[C@@H](OC(C)=O)[C@@H]1OC(C)=O.COC(=O)[C@H]1O[C@@H](Oc2ccc(COC(=O)Oc3ccc([N+](=O)[O-])cc3)cc2)[C@H](OC(C)=O)[C@@H](OC(C)=O)[C@@H]1OC(C)=O.COC(=O)[C@H]1O[C@H](Br)[C@H](OC(C)=O)[C@@H](OC(C)=O)[C@@H]1OC(C)=O.O=Cc1ccc(O)cc1.[B].[H-].[Na+]. The van der Waals surface area contributed by atoms with Gasteiger partial charge in [0.1, 0.15) is 47.9 Å². The number of aromatic hydroxyl groups is 1. The summed E-state index contributed by atoms with van der Waals surface area (Å²) < 4.78 is 130. The number of ether oxygens (including phenoxy) is 25. The third kappa shape index (κ3) is 45.8. The number of phenolic OH excluding ortho intramolecular Hbond substituents is 1. The van der Waals surface area contributed by atoms with E-state index in [2.05, 4.69) is 20.7 Å². The van der Waals surface area contributed by atoms with Gasteiger partial charge in [0.2, 0.25) is 37.2 Å². The second kappa shape index (κ2) is 65.5. The van der Waals surface area contributed by atoms with Crippen molar-refractivity contribution in [2.45, 2.75) is 242 Å². The zero-order chi connectivity index (χ0) is 109. The minimum absolute atomic E-state index is 0. The van der Waals surface area contributed by atoms with Gasteiger partial charge in [-0.3, -0.25) is 77.2 Å². The van der Waals surface area contributed by atoms with Crippen LogP contribution >= 0.6 is 50.7 Å². The van der Waals surface area contributed by atoms with E-state index in [9.17, 15) is 101 Å².